The lowest BCUT2D eigenvalue weighted by Gasteiger charge is -2.49. The van der Waals surface area contributed by atoms with Crippen LogP contribution in [0.2, 0.25) is 0 Å². The van der Waals surface area contributed by atoms with Gasteiger partial charge in [-0.25, -0.2) is 0 Å². The van der Waals surface area contributed by atoms with Crippen LogP contribution in [-0.2, 0) is 4.79 Å². The van der Waals surface area contributed by atoms with Crippen molar-refractivity contribution in [3.63, 3.8) is 0 Å². The number of benzene rings is 2. The van der Waals surface area contributed by atoms with Gasteiger partial charge in [-0.15, -0.1) is 6.58 Å². The maximum atomic E-state index is 12.6. The van der Waals surface area contributed by atoms with Gasteiger partial charge < -0.3 is 4.90 Å². The van der Waals surface area contributed by atoms with E-state index in [0.29, 0.717) is 0 Å². The third-order valence-corrected chi connectivity index (χ3v) is 4.71. The van der Waals surface area contributed by atoms with Crippen LogP contribution in [0, 0.1) is 5.92 Å². The second-order valence-electron chi connectivity index (χ2n) is 6.22. The van der Waals surface area contributed by atoms with Crippen molar-refractivity contribution in [2.75, 3.05) is 0 Å². The van der Waals surface area contributed by atoms with Gasteiger partial charge in [-0.1, -0.05) is 78.9 Å². The van der Waals surface area contributed by atoms with Gasteiger partial charge in [0.2, 0.25) is 5.91 Å². The molecule has 1 saturated heterocycles. The number of hydrogen-bond acceptors (Lipinski definition) is 1. The van der Waals surface area contributed by atoms with Gasteiger partial charge in [0.05, 0.1) is 18.0 Å². The molecule has 3 rings (SSSR count). The topological polar surface area (TPSA) is 20.3 Å². The van der Waals surface area contributed by atoms with E-state index in [9.17, 15) is 4.79 Å². The third-order valence-electron chi connectivity index (χ3n) is 4.71. The van der Waals surface area contributed by atoms with E-state index in [1.807, 2.05) is 47.4 Å². The molecule has 0 saturated carbocycles. The maximum Gasteiger partial charge on any atom is 0.229 e. The van der Waals surface area contributed by atoms with Crippen molar-refractivity contribution in [2.45, 2.75) is 25.4 Å². The zero-order chi connectivity index (χ0) is 16.9. The number of rotatable bonds is 6. The molecule has 0 radical (unpaired) electrons. The Hall–Kier alpha value is -2.61. The molecule has 0 unspecified atom stereocenters. The summed E-state index contributed by atoms with van der Waals surface area (Å²) in [7, 11) is 0. The summed E-state index contributed by atoms with van der Waals surface area (Å²) in [4.78, 5) is 14.6. The van der Waals surface area contributed by atoms with Crippen molar-refractivity contribution in [3.8, 4) is 0 Å². The number of carbonyl (C=O) groups is 1. The molecule has 0 bridgehead atoms. The predicted molar refractivity (Wildman–Crippen MR) is 99.3 cm³/mol. The van der Waals surface area contributed by atoms with Crippen LogP contribution in [0.1, 0.15) is 30.5 Å². The summed E-state index contributed by atoms with van der Waals surface area (Å²) < 4.78 is 0. The Morgan fingerprint density at radius 2 is 1.71 bits per heavy atom. The lowest BCUT2D eigenvalue weighted by Crippen LogP contribution is -2.60. The predicted octanol–water partition coefficient (Wildman–Crippen LogP) is 4.86. The lowest BCUT2D eigenvalue weighted by molar-refractivity contribution is -0.156. The van der Waals surface area contributed by atoms with E-state index in [0.717, 1.165) is 12.0 Å². The summed E-state index contributed by atoms with van der Waals surface area (Å²) in [6, 6.07) is 20.6. The molecule has 24 heavy (non-hydrogen) atoms. The number of hydrogen-bond donors (Lipinski definition) is 0. The van der Waals surface area contributed by atoms with Crippen LogP contribution in [0.3, 0.4) is 0 Å². The van der Waals surface area contributed by atoms with Gasteiger partial charge in [0.15, 0.2) is 0 Å². The van der Waals surface area contributed by atoms with E-state index in [1.165, 1.54) is 5.56 Å². The molecular formula is C22H23NO. The molecule has 1 aliphatic heterocycles. The lowest BCUT2D eigenvalue weighted by atomic mass is 9.81. The molecule has 122 valence electrons. The molecule has 2 nitrogen and oxygen atoms in total. The van der Waals surface area contributed by atoms with Gasteiger partial charge in [-0.3, -0.25) is 4.79 Å². The molecule has 3 atom stereocenters. The third kappa shape index (κ3) is 3.18. The zero-order valence-electron chi connectivity index (χ0n) is 14.0. The first-order valence-electron chi connectivity index (χ1n) is 8.43. The summed E-state index contributed by atoms with van der Waals surface area (Å²) in [5.41, 5.74) is 2.32. The minimum Gasteiger partial charge on any atom is -0.328 e. The number of nitrogens with zero attached hydrogens (tertiary/aromatic N) is 1. The van der Waals surface area contributed by atoms with Gasteiger partial charge in [0.1, 0.15) is 0 Å². The van der Waals surface area contributed by atoms with Gasteiger partial charge in [0.25, 0.3) is 0 Å². The Morgan fingerprint density at radius 3 is 2.33 bits per heavy atom. The highest BCUT2D eigenvalue weighted by atomic mass is 16.2. The standard InChI is InChI=1S/C22H23NO/c1-3-10-20-21(16-15-18-11-6-4-7-12-18)23(22(20)24)17(2)19-13-8-5-9-14-19/h3-9,11-17,20-21H,1,10H2,2H3/b16-15+/t17-,20-,21-/m1/s1. The Morgan fingerprint density at radius 1 is 1.08 bits per heavy atom. The van der Waals surface area contributed by atoms with Gasteiger partial charge in [-0.05, 0) is 24.5 Å². The van der Waals surface area contributed by atoms with E-state index in [1.54, 1.807) is 0 Å². The minimum atomic E-state index is 0.00799. The van der Waals surface area contributed by atoms with Crippen molar-refractivity contribution in [1.29, 1.82) is 0 Å². The number of likely N-dealkylation sites (tertiary alicyclic amines) is 1. The quantitative estimate of drug-likeness (QED) is 0.550. The smallest absolute Gasteiger partial charge is 0.229 e. The Balaban J connectivity index is 1.83. The Labute approximate surface area is 144 Å². The monoisotopic (exact) mass is 317 g/mol. The fourth-order valence-electron chi connectivity index (χ4n) is 3.36. The molecule has 1 aliphatic rings. The molecule has 0 spiro atoms. The minimum absolute atomic E-state index is 0.00799. The van der Waals surface area contributed by atoms with Gasteiger partial charge in [0, 0.05) is 0 Å². The Kier molecular flexibility index (Phi) is 4.95. The van der Waals surface area contributed by atoms with Crippen molar-refractivity contribution < 1.29 is 4.79 Å². The van der Waals surface area contributed by atoms with Gasteiger partial charge in [-0.2, -0.15) is 0 Å². The van der Waals surface area contributed by atoms with Crippen molar-refractivity contribution in [2.24, 2.45) is 5.92 Å². The largest absolute Gasteiger partial charge is 0.328 e. The second-order valence-corrected chi connectivity index (χ2v) is 6.22. The first-order valence-corrected chi connectivity index (χ1v) is 8.43. The molecule has 1 fully saturated rings. The van der Waals surface area contributed by atoms with E-state index < -0.39 is 0 Å². The fourth-order valence-corrected chi connectivity index (χ4v) is 3.36. The van der Waals surface area contributed by atoms with E-state index in [-0.39, 0.29) is 23.9 Å². The van der Waals surface area contributed by atoms with Crippen LogP contribution >= 0.6 is 0 Å². The number of β-lactam (4-membered cyclic amide) rings is 1. The molecule has 1 amide bonds. The first-order chi connectivity index (χ1) is 11.7. The number of carbonyl (C=O) groups excluding carboxylic acids is 1. The van der Waals surface area contributed by atoms with Crippen LogP contribution in [0.4, 0.5) is 0 Å². The number of amides is 1. The molecule has 0 N–H and O–H groups in total. The summed E-state index contributed by atoms with van der Waals surface area (Å²) in [6.45, 7) is 5.90. The van der Waals surface area contributed by atoms with E-state index >= 15 is 0 Å². The molecule has 0 aliphatic carbocycles. The summed E-state index contributed by atoms with van der Waals surface area (Å²) in [5, 5.41) is 0. The summed E-state index contributed by atoms with van der Waals surface area (Å²) in [5.74, 6) is 0.225. The summed E-state index contributed by atoms with van der Waals surface area (Å²) >= 11 is 0. The summed E-state index contributed by atoms with van der Waals surface area (Å²) in [6.07, 6.45) is 6.83. The van der Waals surface area contributed by atoms with Crippen LogP contribution in [0.15, 0.2) is 79.4 Å². The highest BCUT2D eigenvalue weighted by Gasteiger charge is 2.47. The normalized spacial score (nSPS) is 21.5. The van der Waals surface area contributed by atoms with Gasteiger partial charge >= 0.3 is 0 Å². The fraction of sp³-hybridized carbons (Fsp3) is 0.227. The van der Waals surface area contributed by atoms with E-state index in [4.69, 9.17) is 0 Å². The molecule has 0 aromatic heterocycles. The van der Waals surface area contributed by atoms with Crippen LogP contribution in [0.5, 0.6) is 0 Å². The second kappa shape index (κ2) is 7.31. The maximum absolute atomic E-state index is 12.6. The van der Waals surface area contributed by atoms with Crippen molar-refractivity contribution >= 4 is 12.0 Å². The van der Waals surface area contributed by atoms with Crippen LogP contribution < -0.4 is 0 Å². The van der Waals surface area contributed by atoms with Crippen molar-refractivity contribution in [3.05, 3.63) is 90.5 Å². The molecule has 1 heterocycles. The SMILES string of the molecule is C=CC[C@H]1C(=O)N([C@H](C)c2ccccc2)[C@@H]1/C=C/c1ccccc1. The van der Waals surface area contributed by atoms with Crippen molar-refractivity contribution in [1.82, 2.24) is 4.90 Å². The molecular weight excluding hydrogens is 294 g/mol. The Bertz CT molecular complexity index is 720. The molecule has 2 aromatic carbocycles. The molecule has 2 aromatic rings. The van der Waals surface area contributed by atoms with Crippen LogP contribution in [-0.4, -0.2) is 16.8 Å². The highest BCUT2D eigenvalue weighted by molar-refractivity contribution is 5.88. The zero-order valence-corrected chi connectivity index (χ0v) is 14.0. The van der Waals surface area contributed by atoms with E-state index in [2.05, 4.69) is 49.9 Å². The molecule has 2 heteroatoms. The first kappa shape index (κ1) is 16.3. The average molecular weight is 317 g/mol. The van der Waals surface area contributed by atoms with Crippen LogP contribution in [0.25, 0.3) is 6.08 Å². The number of allylic oxidation sites excluding steroid dienone is 1. The average Bonchev–Trinajstić information content (AvgIpc) is 2.64. The highest BCUT2D eigenvalue weighted by Crippen LogP contribution is 2.38.